The molecule has 0 radical (unpaired) electrons. The minimum Gasteiger partial charge on any atom is -0.481 e. The van der Waals surface area contributed by atoms with Gasteiger partial charge in [-0.1, -0.05) is 45.2 Å². The van der Waals surface area contributed by atoms with Crippen molar-refractivity contribution in [2.75, 3.05) is 5.73 Å². The van der Waals surface area contributed by atoms with E-state index < -0.39 is 11.9 Å². The molecule has 0 heterocycles. The molecule has 0 aliphatic carbocycles. The molecule has 0 spiro atoms. The molecule has 3 N–H and O–H groups in total. The van der Waals surface area contributed by atoms with Crippen molar-refractivity contribution in [3.8, 4) is 0 Å². The lowest BCUT2D eigenvalue weighted by atomic mass is 9.83. The monoisotopic (exact) mass is 327 g/mol. The van der Waals surface area contributed by atoms with Gasteiger partial charge in [-0.25, -0.2) is 0 Å². The molecule has 4 heteroatoms. The maximum Gasteiger partial charge on any atom is 0.311 e. The first-order valence-electron chi connectivity index (χ1n) is 6.75. The van der Waals surface area contributed by atoms with Crippen molar-refractivity contribution in [3.63, 3.8) is 0 Å². The van der Waals surface area contributed by atoms with Crippen molar-refractivity contribution in [1.29, 1.82) is 0 Å². The van der Waals surface area contributed by atoms with Crippen LogP contribution in [0.2, 0.25) is 0 Å². The van der Waals surface area contributed by atoms with Gasteiger partial charge in [0.25, 0.3) is 0 Å². The Labute approximate surface area is 123 Å². The highest BCUT2D eigenvalue weighted by atomic mass is 79.9. The van der Waals surface area contributed by atoms with Crippen LogP contribution in [0.4, 0.5) is 5.69 Å². The Morgan fingerprint density at radius 3 is 2.68 bits per heavy atom. The van der Waals surface area contributed by atoms with Crippen molar-refractivity contribution >= 4 is 27.6 Å². The lowest BCUT2D eigenvalue weighted by Gasteiger charge is -2.22. The molecule has 0 fully saturated rings. The van der Waals surface area contributed by atoms with Crippen LogP contribution in [0, 0.1) is 5.92 Å². The molecule has 0 saturated heterocycles. The van der Waals surface area contributed by atoms with Crippen LogP contribution < -0.4 is 5.73 Å². The minimum atomic E-state index is -0.797. The van der Waals surface area contributed by atoms with Crippen molar-refractivity contribution in [2.45, 2.75) is 45.4 Å². The molecule has 0 aromatic heterocycles. The molecule has 0 amide bonds. The van der Waals surface area contributed by atoms with Crippen LogP contribution in [0.15, 0.2) is 22.7 Å². The molecule has 2 unspecified atom stereocenters. The van der Waals surface area contributed by atoms with Gasteiger partial charge in [0.2, 0.25) is 0 Å². The predicted octanol–water partition coefficient (Wildman–Crippen LogP) is 4.42. The minimum absolute atomic E-state index is 0.0839. The van der Waals surface area contributed by atoms with E-state index >= 15 is 0 Å². The number of carboxylic acids is 1. The summed E-state index contributed by atoms with van der Waals surface area (Å²) in [7, 11) is 0. The summed E-state index contributed by atoms with van der Waals surface area (Å²) in [6, 6.07) is 5.49. The Kier molecular flexibility index (Phi) is 6.35. The van der Waals surface area contributed by atoms with E-state index in [1.807, 2.05) is 25.1 Å². The second-order valence-corrected chi connectivity index (χ2v) is 5.89. The summed E-state index contributed by atoms with van der Waals surface area (Å²) in [5.74, 6) is -1.25. The van der Waals surface area contributed by atoms with E-state index in [-0.39, 0.29) is 5.92 Å². The molecule has 0 bridgehead atoms. The first-order chi connectivity index (χ1) is 8.99. The average molecular weight is 328 g/mol. The Morgan fingerprint density at radius 1 is 1.42 bits per heavy atom. The summed E-state index contributed by atoms with van der Waals surface area (Å²) in [4.78, 5) is 11.6. The summed E-state index contributed by atoms with van der Waals surface area (Å²) in [5.41, 5.74) is 7.26. The Hall–Kier alpha value is -1.03. The fraction of sp³-hybridized carbons (Fsp3) is 0.533. The average Bonchev–Trinajstić information content (AvgIpc) is 2.35. The topological polar surface area (TPSA) is 63.3 Å². The van der Waals surface area contributed by atoms with Gasteiger partial charge < -0.3 is 10.8 Å². The molecule has 19 heavy (non-hydrogen) atoms. The molecule has 0 aliphatic heterocycles. The van der Waals surface area contributed by atoms with E-state index in [1.165, 1.54) is 0 Å². The van der Waals surface area contributed by atoms with Gasteiger partial charge in [0.05, 0.1) is 5.92 Å². The number of anilines is 1. The summed E-state index contributed by atoms with van der Waals surface area (Å²) in [5, 5.41) is 9.50. The summed E-state index contributed by atoms with van der Waals surface area (Å²) >= 11 is 3.36. The van der Waals surface area contributed by atoms with E-state index in [0.29, 0.717) is 11.3 Å². The van der Waals surface area contributed by atoms with Crippen molar-refractivity contribution < 1.29 is 9.90 Å². The number of hydrogen-bond acceptors (Lipinski definition) is 2. The number of halogens is 1. The molecule has 0 saturated carbocycles. The third-order valence-corrected chi connectivity index (χ3v) is 4.21. The number of nitrogens with two attached hydrogens (primary N) is 1. The van der Waals surface area contributed by atoms with Gasteiger partial charge >= 0.3 is 5.97 Å². The van der Waals surface area contributed by atoms with Crippen LogP contribution >= 0.6 is 15.9 Å². The van der Waals surface area contributed by atoms with Crippen LogP contribution in [0.5, 0.6) is 0 Å². The zero-order chi connectivity index (χ0) is 14.4. The second-order valence-electron chi connectivity index (χ2n) is 5.03. The highest BCUT2D eigenvalue weighted by molar-refractivity contribution is 9.10. The van der Waals surface area contributed by atoms with Crippen molar-refractivity contribution in [3.05, 3.63) is 28.2 Å². The lowest BCUT2D eigenvalue weighted by Crippen LogP contribution is -2.21. The van der Waals surface area contributed by atoms with Crippen LogP contribution in [-0.4, -0.2) is 11.1 Å². The third-order valence-electron chi connectivity index (χ3n) is 3.52. The Morgan fingerprint density at radius 2 is 2.11 bits per heavy atom. The highest BCUT2D eigenvalue weighted by Crippen LogP contribution is 2.35. The summed E-state index contributed by atoms with van der Waals surface area (Å²) in [6.45, 7) is 4.14. The number of unbranched alkanes of at least 4 members (excludes halogenated alkanes) is 2. The van der Waals surface area contributed by atoms with Crippen LogP contribution in [-0.2, 0) is 4.79 Å². The first kappa shape index (κ1) is 16.0. The van der Waals surface area contributed by atoms with Crippen molar-refractivity contribution in [2.24, 2.45) is 5.92 Å². The summed E-state index contributed by atoms with van der Waals surface area (Å²) in [6.07, 6.45) is 4.26. The SMILES string of the molecule is CCCCCC(C)C(C(=O)O)c1cccc(Br)c1N. The fourth-order valence-electron chi connectivity index (χ4n) is 2.39. The standard InChI is InChI=1S/C15H22BrNO2/c1-3-4-5-7-10(2)13(15(18)19)11-8-6-9-12(16)14(11)17/h6,8-10,13H,3-5,7,17H2,1-2H3,(H,18,19). The number of hydrogen-bond donors (Lipinski definition) is 2. The van der Waals surface area contributed by atoms with Gasteiger partial charge in [0, 0.05) is 10.2 Å². The smallest absolute Gasteiger partial charge is 0.311 e. The number of nitrogen functional groups attached to an aromatic ring is 1. The number of rotatable bonds is 7. The number of para-hydroxylation sites is 1. The highest BCUT2D eigenvalue weighted by Gasteiger charge is 2.28. The van der Waals surface area contributed by atoms with E-state index in [9.17, 15) is 9.90 Å². The van der Waals surface area contributed by atoms with Gasteiger partial charge in [-0.2, -0.15) is 0 Å². The fourth-order valence-corrected chi connectivity index (χ4v) is 2.77. The molecular weight excluding hydrogens is 306 g/mol. The zero-order valence-corrected chi connectivity index (χ0v) is 13.1. The van der Waals surface area contributed by atoms with Gasteiger partial charge in [-0.05, 0) is 39.9 Å². The maximum atomic E-state index is 11.6. The van der Waals surface area contributed by atoms with Crippen LogP contribution in [0.3, 0.4) is 0 Å². The zero-order valence-electron chi connectivity index (χ0n) is 11.5. The van der Waals surface area contributed by atoms with E-state index in [2.05, 4.69) is 22.9 Å². The summed E-state index contributed by atoms with van der Waals surface area (Å²) < 4.78 is 0.761. The van der Waals surface area contributed by atoms with E-state index in [1.54, 1.807) is 0 Å². The third kappa shape index (κ3) is 4.23. The van der Waals surface area contributed by atoms with Gasteiger partial charge in [-0.3, -0.25) is 4.79 Å². The number of benzene rings is 1. The molecule has 1 aromatic rings. The van der Waals surface area contributed by atoms with Crippen LogP contribution in [0.1, 0.15) is 51.0 Å². The number of carbonyl (C=O) groups is 1. The maximum absolute atomic E-state index is 11.6. The molecular formula is C15H22BrNO2. The van der Waals surface area contributed by atoms with Gasteiger partial charge in [0.15, 0.2) is 0 Å². The predicted molar refractivity (Wildman–Crippen MR) is 82.2 cm³/mol. The molecule has 1 rings (SSSR count). The number of carboxylic acid groups (broad SMARTS) is 1. The van der Waals surface area contributed by atoms with E-state index in [0.717, 1.165) is 30.2 Å². The number of aliphatic carboxylic acids is 1. The Bertz CT molecular complexity index is 434. The quantitative estimate of drug-likeness (QED) is 0.575. The second kappa shape index (κ2) is 7.53. The Balaban J connectivity index is 2.94. The molecule has 2 atom stereocenters. The van der Waals surface area contributed by atoms with Crippen molar-refractivity contribution in [1.82, 2.24) is 0 Å². The van der Waals surface area contributed by atoms with E-state index in [4.69, 9.17) is 5.73 Å². The van der Waals surface area contributed by atoms with Crippen LogP contribution in [0.25, 0.3) is 0 Å². The normalized spacial score (nSPS) is 14.1. The molecule has 3 nitrogen and oxygen atoms in total. The molecule has 0 aliphatic rings. The first-order valence-corrected chi connectivity index (χ1v) is 7.55. The van der Waals surface area contributed by atoms with Gasteiger partial charge in [-0.15, -0.1) is 0 Å². The lowest BCUT2D eigenvalue weighted by molar-refractivity contribution is -0.140. The molecule has 1 aromatic carbocycles. The largest absolute Gasteiger partial charge is 0.481 e. The molecule has 106 valence electrons. The van der Waals surface area contributed by atoms with Gasteiger partial charge in [0.1, 0.15) is 0 Å².